The SMILES string of the molecule is c1cnn(-c2ccc(CNCC3CCCCC3)cc2)c1. The molecule has 3 heteroatoms. The Morgan fingerprint density at radius 1 is 1.10 bits per heavy atom. The molecule has 1 aromatic heterocycles. The molecule has 1 aliphatic carbocycles. The van der Waals surface area contributed by atoms with E-state index in [1.165, 1.54) is 44.2 Å². The molecule has 0 radical (unpaired) electrons. The maximum absolute atomic E-state index is 4.24. The standard InChI is InChI=1S/C17H23N3/c1-2-5-15(6-3-1)13-18-14-16-7-9-17(10-8-16)20-12-4-11-19-20/h4,7-12,15,18H,1-3,5-6,13-14H2. The molecule has 0 saturated heterocycles. The van der Waals surface area contributed by atoms with Crippen LogP contribution in [0.25, 0.3) is 5.69 Å². The Labute approximate surface area is 121 Å². The molecule has 0 amide bonds. The molecule has 2 aromatic rings. The lowest BCUT2D eigenvalue weighted by Gasteiger charge is -2.21. The summed E-state index contributed by atoms with van der Waals surface area (Å²) in [5, 5.41) is 7.84. The van der Waals surface area contributed by atoms with Gasteiger partial charge in [0.05, 0.1) is 5.69 Å². The van der Waals surface area contributed by atoms with Crippen molar-refractivity contribution in [2.75, 3.05) is 6.54 Å². The highest BCUT2D eigenvalue weighted by atomic mass is 15.3. The van der Waals surface area contributed by atoms with E-state index in [9.17, 15) is 0 Å². The number of nitrogens with one attached hydrogen (secondary N) is 1. The zero-order valence-electron chi connectivity index (χ0n) is 12.0. The van der Waals surface area contributed by atoms with Crippen molar-refractivity contribution < 1.29 is 0 Å². The third-order valence-electron chi connectivity index (χ3n) is 4.19. The van der Waals surface area contributed by atoms with Crippen molar-refractivity contribution in [3.05, 3.63) is 48.3 Å². The number of aromatic nitrogens is 2. The zero-order chi connectivity index (χ0) is 13.6. The summed E-state index contributed by atoms with van der Waals surface area (Å²) in [7, 11) is 0. The van der Waals surface area contributed by atoms with E-state index in [0.29, 0.717) is 0 Å². The Hall–Kier alpha value is -1.61. The van der Waals surface area contributed by atoms with E-state index in [4.69, 9.17) is 0 Å². The first-order valence-electron chi connectivity index (χ1n) is 7.71. The van der Waals surface area contributed by atoms with Gasteiger partial charge in [-0.1, -0.05) is 31.4 Å². The van der Waals surface area contributed by atoms with E-state index in [2.05, 4.69) is 34.7 Å². The summed E-state index contributed by atoms with van der Waals surface area (Å²) in [4.78, 5) is 0. The Balaban J connectivity index is 1.48. The quantitative estimate of drug-likeness (QED) is 0.899. The lowest BCUT2D eigenvalue weighted by Crippen LogP contribution is -2.24. The minimum Gasteiger partial charge on any atom is -0.312 e. The van der Waals surface area contributed by atoms with Crippen LogP contribution >= 0.6 is 0 Å². The maximum atomic E-state index is 4.24. The average molecular weight is 269 g/mol. The number of hydrogen-bond acceptors (Lipinski definition) is 2. The number of benzene rings is 1. The van der Waals surface area contributed by atoms with Crippen LogP contribution in [0.15, 0.2) is 42.7 Å². The first-order valence-corrected chi connectivity index (χ1v) is 7.71. The number of nitrogens with zero attached hydrogens (tertiary/aromatic N) is 2. The third kappa shape index (κ3) is 3.48. The second-order valence-electron chi connectivity index (χ2n) is 5.75. The first kappa shape index (κ1) is 13.4. The van der Waals surface area contributed by atoms with Gasteiger partial charge in [-0.05, 0) is 49.1 Å². The summed E-state index contributed by atoms with van der Waals surface area (Å²) in [5.74, 6) is 0.895. The van der Waals surface area contributed by atoms with Gasteiger partial charge in [-0.25, -0.2) is 4.68 Å². The van der Waals surface area contributed by atoms with Crippen molar-refractivity contribution in [2.24, 2.45) is 5.92 Å². The number of hydrogen-bond donors (Lipinski definition) is 1. The van der Waals surface area contributed by atoms with Crippen LogP contribution in [0.1, 0.15) is 37.7 Å². The van der Waals surface area contributed by atoms with Crippen molar-refractivity contribution in [3.63, 3.8) is 0 Å². The molecule has 3 rings (SSSR count). The minimum atomic E-state index is 0.895. The molecule has 106 valence electrons. The van der Waals surface area contributed by atoms with Gasteiger partial charge in [0.15, 0.2) is 0 Å². The molecule has 1 aliphatic rings. The Morgan fingerprint density at radius 3 is 2.60 bits per heavy atom. The highest BCUT2D eigenvalue weighted by Crippen LogP contribution is 2.22. The fourth-order valence-corrected chi connectivity index (χ4v) is 3.00. The zero-order valence-corrected chi connectivity index (χ0v) is 12.0. The monoisotopic (exact) mass is 269 g/mol. The molecule has 3 nitrogen and oxygen atoms in total. The molecular formula is C17H23N3. The van der Waals surface area contributed by atoms with Gasteiger partial charge in [0.25, 0.3) is 0 Å². The number of rotatable bonds is 5. The highest BCUT2D eigenvalue weighted by molar-refractivity contribution is 5.33. The minimum absolute atomic E-state index is 0.895. The molecule has 0 spiro atoms. The summed E-state index contributed by atoms with van der Waals surface area (Å²) in [6.45, 7) is 2.14. The normalized spacial score (nSPS) is 16.4. The molecule has 0 bridgehead atoms. The van der Waals surface area contributed by atoms with E-state index in [1.54, 1.807) is 6.20 Å². The van der Waals surface area contributed by atoms with E-state index >= 15 is 0 Å². The highest BCUT2D eigenvalue weighted by Gasteiger charge is 2.12. The van der Waals surface area contributed by atoms with Gasteiger partial charge in [-0.3, -0.25) is 0 Å². The van der Waals surface area contributed by atoms with E-state index in [1.807, 2.05) is 16.9 Å². The van der Waals surface area contributed by atoms with Crippen LogP contribution in [0.2, 0.25) is 0 Å². The van der Waals surface area contributed by atoms with Crippen LogP contribution in [0.3, 0.4) is 0 Å². The average Bonchev–Trinajstić information content (AvgIpc) is 3.03. The molecule has 0 unspecified atom stereocenters. The molecule has 1 fully saturated rings. The second-order valence-corrected chi connectivity index (χ2v) is 5.75. The molecule has 20 heavy (non-hydrogen) atoms. The van der Waals surface area contributed by atoms with Gasteiger partial charge in [0, 0.05) is 18.9 Å². The van der Waals surface area contributed by atoms with Crippen LogP contribution in [0, 0.1) is 5.92 Å². The fourth-order valence-electron chi connectivity index (χ4n) is 3.00. The smallest absolute Gasteiger partial charge is 0.0645 e. The Morgan fingerprint density at radius 2 is 1.90 bits per heavy atom. The van der Waals surface area contributed by atoms with Crippen molar-refractivity contribution in [1.82, 2.24) is 15.1 Å². The van der Waals surface area contributed by atoms with E-state index in [-0.39, 0.29) is 0 Å². The van der Waals surface area contributed by atoms with Gasteiger partial charge in [0.1, 0.15) is 0 Å². The molecule has 1 heterocycles. The van der Waals surface area contributed by atoms with Gasteiger partial charge in [0.2, 0.25) is 0 Å². The Bertz CT molecular complexity index is 496. The van der Waals surface area contributed by atoms with Crippen LogP contribution < -0.4 is 5.32 Å². The summed E-state index contributed by atoms with van der Waals surface area (Å²) < 4.78 is 1.89. The molecule has 1 aromatic carbocycles. The van der Waals surface area contributed by atoms with E-state index < -0.39 is 0 Å². The van der Waals surface area contributed by atoms with Gasteiger partial charge in [-0.2, -0.15) is 5.10 Å². The predicted molar refractivity (Wildman–Crippen MR) is 81.8 cm³/mol. The summed E-state index contributed by atoms with van der Waals surface area (Å²) in [6, 6.07) is 10.6. The van der Waals surface area contributed by atoms with Crippen LogP contribution in [-0.2, 0) is 6.54 Å². The van der Waals surface area contributed by atoms with E-state index in [0.717, 1.165) is 18.2 Å². The van der Waals surface area contributed by atoms with Gasteiger partial charge < -0.3 is 5.32 Å². The summed E-state index contributed by atoms with van der Waals surface area (Å²) in [6.07, 6.45) is 10.9. The van der Waals surface area contributed by atoms with Crippen LogP contribution in [-0.4, -0.2) is 16.3 Å². The molecule has 1 N–H and O–H groups in total. The predicted octanol–water partition coefficient (Wildman–Crippen LogP) is 3.54. The van der Waals surface area contributed by atoms with Crippen LogP contribution in [0.5, 0.6) is 0 Å². The van der Waals surface area contributed by atoms with Gasteiger partial charge in [-0.15, -0.1) is 0 Å². The van der Waals surface area contributed by atoms with Gasteiger partial charge >= 0.3 is 0 Å². The van der Waals surface area contributed by atoms with Crippen molar-refractivity contribution in [1.29, 1.82) is 0 Å². The summed E-state index contributed by atoms with van der Waals surface area (Å²) in [5.41, 5.74) is 2.46. The first-order chi connectivity index (χ1) is 9.92. The Kier molecular flexibility index (Phi) is 4.49. The van der Waals surface area contributed by atoms with Crippen molar-refractivity contribution >= 4 is 0 Å². The molecular weight excluding hydrogens is 246 g/mol. The second kappa shape index (κ2) is 6.71. The molecule has 0 atom stereocenters. The van der Waals surface area contributed by atoms with Crippen LogP contribution in [0.4, 0.5) is 0 Å². The topological polar surface area (TPSA) is 29.9 Å². The fraction of sp³-hybridized carbons (Fsp3) is 0.471. The maximum Gasteiger partial charge on any atom is 0.0645 e. The lowest BCUT2D eigenvalue weighted by molar-refractivity contribution is 0.342. The summed E-state index contributed by atoms with van der Waals surface area (Å²) >= 11 is 0. The molecule has 0 aliphatic heterocycles. The van der Waals surface area contributed by atoms with Crippen molar-refractivity contribution in [2.45, 2.75) is 38.6 Å². The lowest BCUT2D eigenvalue weighted by atomic mass is 9.89. The largest absolute Gasteiger partial charge is 0.312 e. The molecule has 1 saturated carbocycles. The third-order valence-corrected chi connectivity index (χ3v) is 4.19. The van der Waals surface area contributed by atoms with Crippen molar-refractivity contribution in [3.8, 4) is 5.69 Å².